The van der Waals surface area contributed by atoms with Crippen LogP contribution in [0.1, 0.15) is 25.7 Å². The Hall–Kier alpha value is 0.350. The first kappa shape index (κ1) is 7.97. The van der Waals surface area contributed by atoms with Gasteiger partial charge in [-0.3, -0.25) is 9.34 Å². The number of hydrogen-bond donors (Lipinski definition) is 0. The molecule has 0 spiro atoms. The van der Waals surface area contributed by atoms with Gasteiger partial charge in [0, 0.05) is 21.0 Å². The van der Waals surface area contributed by atoms with Crippen LogP contribution in [-0.2, 0) is 0 Å². The SMILES string of the molecule is CN1PN(C)[C@@H]2CCCCC21. The van der Waals surface area contributed by atoms with Crippen molar-refractivity contribution in [3.8, 4) is 0 Å². The van der Waals surface area contributed by atoms with Crippen molar-refractivity contribution < 1.29 is 0 Å². The lowest BCUT2D eigenvalue weighted by molar-refractivity contribution is 0.233. The zero-order valence-corrected chi connectivity index (χ0v) is 8.38. The van der Waals surface area contributed by atoms with E-state index < -0.39 is 0 Å². The second-order valence-corrected chi connectivity index (χ2v) is 5.35. The van der Waals surface area contributed by atoms with E-state index in [0.29, 0.717) is 0 Å². The number of hydrogen-bond acceptors (Lipinski definition) is 2. The fraction of sp³-hybridized carbons (Fsp3) is 1.00. The summed E-state index contributed by atoms with van der Waals surface area (Å²) in [6, 6.07) is 1.76. The highest BCUT2D eigenvalue weighted by atomic mass is 31.1. The molecular formula is C8H17N2P. The number of likely N-dealkylation sites (N-methyl/N-ethyl adjacent to an activating group) is 2. The summed E-state index contributed by atoms with van der Waals surface area (Å²) in [6.45, 7) is 0. The van der Waals surface area contributed by atoms with Gasteiger partial charge in [-0.1, -0.05) is 12.8 Å². The number of rotatable bonds is 0. The summed E-state index contributed by atoms with van der Waals surface area (Å²) in [5.41, 5.74) is 0. The van der Waals surface area contributed by atoms with Gasteiger partial charge in [0.15, 0.2) is 0 Å². The van der Waals surface area contributed by atoms with Crippen LogP contribution in [0.5, 0.6) is 0 Å². The molecule has 0 amide bonds. The van der Waals surface area contributed by atoms with Gasteiger partial charge in [0.25, 0.3) is 0 Å². The lowest BCUT2D eigenvalue weighted by Crippen LogP contribution is -2.37. The third-order valence-corrected chi connectivity index (χ3v) is 4.30. The van der Waals surface area contributed by atoms with Gasteiger partial charge < -0.3 is 0 Å². The zero-order valence-electron chi connectivity index (χ0n) is 7.38. The van der Waals surface area contributed by atoms with E-state index in [2.05, 4.69) is 23.4 Å². The Labute approximate surface area is 70.8 Å². The summed E-state index contributed by atoms with van der Waals surface area (Å²) in [6.07, 6.45) is 5.75. The van der Waals surface area contributed by atoms with E-state index in [-0.39, 0.29) is 0 Å². The maximum Gasteiger partial charge on any atom is 0.0299 e. The van der Waals surface area contributed by atoms with Gasteiger partial charge in [-0.2, -0.15) is 0 Å². The van der Waals surface area contributed by atoms with Gasteiger partial charge in [0.05, 0.1) is 0 Å². The molecule has 2 nitrogen and oxygen atoms in total. The van der Waals surface area contributed by atoms with E-state index >= 15 is 0 Å². The number of nitrogens with zero attached hydrogens (tertiary/aromatic N) is 2. The van der Waals surface area contributed by atoms with Gasteiger partial charge in [-0.25, -0.2) is 0 Å². The summed E-state index contributed by atoms with van der Waals surface area (Å²) in [4.78, 5) is 0. The number of fused-ring (bicyclic) bond motifs is 1. The molecule has 1 aliphatic carbocycles. The van der Waals surface area contributed by atoms with Crippen molar-refractivity contribution in [2.24, 2.45) is 0 Å². The van der Waals surface area contributed by atoms with Gasteiger partial charge in [-0.15, -0.1) is 0 Å². The first-order valence-electron chi connectivity index (χ1n) is 4.51. The van der Waals surface area contributed by atoms with Gasteiger partial charge >= 0.3 is 0 Å². The molecule has 1 aliphatic heterocycles. The summed E-state index contributed by atoms with van der Waals surface area (Å²) in [7, 11) is 5.47. The van der Waals surface area contributed by atoms with Crippen molar-refractivity contribution in [2.45, 2.75) is 37.8 Å². The monoisotopic (exact) mass is 172 g/mol. The van der Waals surface area contributed by atoms with Crippen LogP contribution >= 0.6 is 8.88 Å². The molecule has 2 unspecified atom stereocenters. The Morgan fingerprint density at radius 3 is 1.91 bits per heavy atom. The highest BCUT2D eigenvalue weighted by Crippen LogP contribution is 2.42. The van der Waals surface area contributed by atoms with E-state index in [0.717, 1.165) is 21.0 Å². The molecule has 3 heteroatoms. The molecule has 1 heterocycles. The third kappa shape index (κ3) is 1.32. The van der Waals surface area contributed by atoms with Crippen molar-refractivity contribution in [3.63, 3.8) is 0 Å². The molecule has 0 aromatic heterocycles. The van der Waals surface area contributed by atoms with Gasteiger partial charge in [0.2, 0.25) is 0 Å². The molecule has 2 rings (SSSR count). The predicted octanol–water partition coefficient (Wildman–Crippen LogP) is 1.68. The summed E-state index contributed by atoms with van der Waals surface area (Å²) < 4.78 is 5.06. The Bertz CT molecular complexity index is 135. The Balaban J connectivity index is 2.07. The lowest BCUT2D eigenvalue weighted by atomic mass is 9.91. The van der Waals surface area contributed by atoms with Crippen LogP contribution in [0.25, 0.3) is 0 Å². The Morgan fingerprint density at radius 2 is 1.45 bits per heavy atom. The molecule has 0 bridgehead atoms. The minimum absolute atomic E-state index is 0.882. The summed E-state index contributed by atoms with van der Waals surface area (Å²) in [5.74, 6) is 0. The highest BCUT2D eigenvalue weighted by molar-refractivity contribution is 7.32. The van der Waals surface area contributed by atoms with Crippen molar-refractivity contribution in [3.05, 3.63) is 0 Å². The molecule has 1 saturated heterocycles. The van der Waals surface area contributed by atoms with E-state index in [9.17, 15) is 0 Å². The molecular weight excluding hydrogens is 155 g/mol. The smallest absolute Gasteiger partial charge is 0.0299 e. The van der Waals surface area contributed by atoms with E-state index in [1.807, 2.05) is 0 Å². The van der Waals surface area contributed by atoms with Crippen LogP contribution in [0, 0.1) is 0 Å². The molecule has 2 aliphatic rings. The standard InChI is InChI=1S/C8H17N2P/c1-9-7-5-3-4-6-8(7)10(2)11-9/h7-8,11H,3-6H2,1-2H3/t7-,8?/m1/s1. The van der Waals surface area contributed by atoms with Gasteiger partial charge in [-0.05, 0) is 26.9 Å². The molecule has 1 saturated carbocycles. The average molecular weight is 172 g/mol. The zero-order chi connectivity index (χ0) is 7.84. The minimum atomic E-state index is 0.882. The van der Waals surface area contributed by atoms with Crippen molar-refractivity contribution in [2.75, 3.05) is 14.1 Å². The van der Waals surface area contributed by atoms with Crippen LogP contribution in [0.15, 0.2) is 0 Å². The summed E-state index contributed by atoms with van der Waals surface area (Å²) in [5, 5.41) is 0. The maximum absolute atomic E-state index is 2.53. The Kier molecular flexibility index (Phi) is 2.18. The fourth-order valence-electron chi connectivity index (χ4n) is 2.39. The first-order valence-corrected chi connectivity index (χ1v) is 5.40. The van der Waals surface area contributed by atoms with E-state index in [1.54, 1.807) is 0 Å². The normalized spacial score (nSPS) is 43.1. The molecule has 3 atom stereocenters. The molecule has 0 radical (unpaired) electrons. The highest BCUT2D eigenvalue weighted by Gasteiger charge is 2.37. The fourth-order valence-corrected chi connectivity index (χ4v) is 3.79. The van der Waals surface area contributed by atoms with Crippen LogP contribution in [-0.4, -0.2) is 35.5 Å². The van der Waals surface area contributed by atoms with Gasteiger partial charge in [0.1, 0.15) is 0 Å². The quantitative estimate of drug-likeness (QED) is 0.513. The molecule has 11 heavy (non-hydrogen) atoms. The third-order valence-electron chi connectivity index (χ3n) is 3.00. The van der Waals surface area contributed by atoms with Crippen molar-refractivity contribution in [1.82, 2.24) is 9.34 Å². The molecule has 0 aromatic rings. The average Bonchev–Trinajstić information content (AvgIpc) is 2.30. The summed E-state index contributed by atoms with van der Waals surface area (Å²) >= 11 is 0. The predicted molar refractivity (Wildman–Crippen MR) is 49.9 cm³/mol. The van der Waals surface area contributed by atoms with Crippen LogP contribution in [0.4, 0.5) is 0 Å². The van der Waals surface area contributed by atoms with Crippen LogP contribution < -0.4 is 0 Å². The minimum Gasteiger partial charge on any atom is -0.271 e. The largest absolute Gasteiger partial charge is 0.271 e. The van der Waals surface area contributed by atoms with Crippen LogP contribution in [0.3, 0.4) is 0 Å². The molecule has 64 valence electrons. The second kappa shape index (κ2) is 3.01. The van der Waals surface area contributed by atoms with Crippen molar-refractivity contribution in [1.29, 1.82) is 0 Å². The Morgan fingerprint density at radius 1 is 1.00 bits per heavy atom. The molecule has 0 N–H and O–H groups in total. The maximum atomic E-state index is 2.53. The van der Waals surface area contributed by atoms with Crippen molar-refractivity contribution >= 4 is 8.88 Å². The first-order chi connectivity index (χ1) is 5.29. The second-order valence-electron chi connectivity index (χ2n) is 3.74. The van der Waals surface area contributed by atoms with E-state index in [4.69, 9.17) is 0 Å². The lowest BCUT2D eigenvalue weighted by Gasteiger charge is -2.29. The topological polar surface area (TPSA) is 6.48 Å². The molecule has 0 aromatic carbocycles. The van der Waals surface area contributed by atoms with E-state index in [1.165, 1.54) is 25.7 Å². The molecule has 2 fully saturated rings. The van der Waals surface area contributed by atoms with Crippen LogP contribution in [0.2, 0.25) is 0 Å².